The van der Waals surface area contributed by atoms with Gasteiger partial charge in [-0.25, -0.2) is 9.59 Å². The van der Waals surface area contributed by atoms with Crippen molar-refractivity contribution >= 4 is 12.0 Å². The van der Waals surface area contributed by atoms with Crippen LogP contribution in [-0.2, 0) is 4.79 Å². The van der Waals surface area contributed by atoms with Gasteiger partial charge >= 0.3 is 12.0 Å². The molecule has 0 heterocycles. The van der Waals surface area contributed by atoms with Crippen molar-refractivity contribution in [3.8, 4) is 0 Å². The highest BCUT2D eigenvalue weighted by atomic mass is 16.4. The normalized spacial score (nSPS) is 17.4. The van der Waals surface area contributed by atoms with Crippen LogP contribution in [0, 0.1) is 5.92 Å². The Labute approximate surface area is 94.2 Å². The van der Waals surface area contributed by atoms with Crippen LogP contribution in [-0.4, -0.2) is 53.4 Å². The molecule has 1 fully saturated rings. The summed E-state index contributed by atoms with van der Waals surface area (Å²) in [6, 6.07) is -1.68. The van der Waals surface area contributed by atoms with Crippen LogP contribution in [0.3, 0.4) is 0 Å². The fourth-order valence-electron chi connectivity index (χ4n) is 1.59. The largest absolute Gasteiger partial charge is 0.480 e. The molecule has 2 amide bonds. The Bertz CT molecular complexity index is 266. The lowest BCUT2D eigenvalue weighted by Gasteiger charge is -2.30. The van der Waals surface area contributed by atoms with Crippen molar-refractivity contribution in [3.63, 3.8) is 0 Å². The maximum absolute atomic E-state index is 11.5. The summed E-state index contributed by atoms with van der Waals surface area (Å²) >= 11 is 0. The number of aliphatic hydroxyl groups excluding tert-OH is 1. The van der Waals surface area contributed by atoms with Crippen LogP contribution in [0.15, 0.2) is 0 Å². The van der Waals surface area contributed by atoms with Crippen LogP contribution in [0.4, 0.5) is 4.79 Å². The Morgan fingerprint density at radius 1 is 1.50 bits per heavy atom. The average Bonchev–Trinajstić information content (AvgIpc) is 2.18. The van der Waals surface area contributed by atoms with Gasteiger partial charge in [0.15, 0.2) is 6.04 Å². The number of nitrogens with one attached hydrogen (secondary N) is 1. The minimum Gasteiger partial charge on any atom is -0.480 e. The summed E-state index contributed by atoms with van der Waals surface area (Å²) in [4.78, 5) is 23.6. The number of hydrogen-bond acceptors (Lipinski definition) is 3. The first-order valence-electron chi connectivity index (χ1n) is 5.40. The van der Waals surface area contributed by atoms with Crippen LogP contribution in [0.2, 0.25) is 0 Å². The van der Waals surface area contributed by atoms with E-state index in [-0.39, 0.29) is 0 Å². The van der Waals surface area contributed by atoms with Gasteiger partial charge in [-0.2, -0.15) is 0 Å². The molecular weight excluding hydrogens is 212 g/mol. The molecule has 92 valence electrons. The van der Waals surface area contributed by atoms with Gasteiger partial charge in [-0.05, 0) is 18.8 Å². The van der Waals surface area contributed by atoms with Crippen molar-refractivity contribution in [1.82, 2.24) is 10.2 Å². The Morgan fingerprint density at radius 2 is 2.12 bits per heavy atom. The molecule has 0 aromatic heterocycles. The van der Waals surface area contributed by atoms with Gasteiger partial charge in [-0.3, -0.25) is 0 Å². The van der Waals surface area contributed by atoms with E-state index in [2.05, 4.69) is 5.32 Å². The molecule has 3 N–H and O–H groups in total. The van der Waals surface area contributed by atoms with Crippen molar-refractivity contribution in [1.29, 1.82) is 0 Å². The van der Waals surface area contributed by atoms with Crippen LogP contribution in [0.1, 0.15) is 19.3 Å². The number of nitrogens with zero attached hydrogens (tertiary/aromatic N) is 1. The number of urea groups is 1. The number of rotatable bonds is 5. The number of carboxylic acids is 1. The molecule has 0 spiro atoms. The first kappa shape index (κ1) is 12.8. The molecule has 0 bridgehead atoms. The number of carboxylic acid groups (broad SMARTS) is 1. The zero-order chi connectivity index (χ0) is 12.1. The van der Waals surface area contributed by atoms with E-state index in [9.17, 15) is 9.59 Å². The molecule has 6 heteroatoms. The summed E-state index contributed by atoms with van der Waals surface area (Å²) in [6.45, 7) is 0.0436. The van der Waals surface area contributed by atoms with Gasteiger partial charge in [0, 0.05) is 13.6 Å². The number of aliphatic carboxylic acids is 1. The van der Waals surface area contributed by atoms with Gasteiger partial charge in [-0.1, -0.05) is 6.42 Å². The first-order valence-corrected chi connectivity index (χ1v) is 5.40. The average molecular weight is 230 g/mol. The van der Waals surface area contributed by atoms with Crippen molar-refractivity contribution in [2.24, 2.45) is 5.92 Å². The quantitative estimate of drug-likeness (QED) is 0.614. The summed E-state index contributed by atoms with van der Waals surface area (Å²) in [5, 5.41) is 19.7. The van der Waals surface area contributed by atoms with Crippen LogP contribution in [0.5, 0.6) is 0 Å². The SMILES string of the molecule is CN(CC1CCC1)C(=O)N[C@H](CO)C(=O)O. The van der Waals surface area contributed by atoms with Gasteiger partial charge in [0.05, 0.1) is 6.61 Å². The van der Waals surface area contributed by atoms with Gasteiger partial charge in [-0.15, -0.1) is 0 Å². The summed E-state index contributed by atoms with van der Waals surface area (Å²) in [5.41, 5.74) is 0. The standard InChI is InChI=1S/C10H18N2O4/c1-12(5-7-3-2-4-7)10(16)11-8(6-13)9(14)15/h7-8,13H,2-6H2,1H3,(H,11,16)(H,14,15)/t8-/m1/s1. The molecule has 1 atom stereocenters. The predicted molar refractivity (Wildman–Crippen MR) is 57.0 cm³/mol. The topological polar surface area (TPSA) is 89.9 Å². The Balaban J connectivity index is 2.34. The number of aliphatic hydroxyl groups is 1. The van der Waals surface area contributed by atoms with Crippen LogP contribution < -0.4 is 5.32 Å². The van der Waals surface area contributed by atoms with E-state index < -0.39 is 24.6 Å². The molecule has 1 aliphatic rings. The number of carbonyl (C=O) groups excluding carboxylic acids is 1. The third-order valence-corrected chi connectivity index (χ3v) is 2.88. The summed E-state index contributed by atoms with van der Waals surface area (Å²) in [6.07, 6.45) is 3.45. The Morgan fingerprint density at radius 3 is 2.50 bits per heavy atom. The first-order chi connectivity index (χ1) is 7.54. The lowest BCUT2D eigenvalue weighted by molar-refractivity contribution is -0.140. The monoisotopic (exact) mass is 230 g/mol. The van der Waals surface area contributed by atoms with E-state index in [4.69, 9.17) is 10.2 Å². The molecule has 0 unspecified atom stereocenters. The highest BCUT2D eigenvalue weighted by Gasteiger charge is 2.24. The molecule has 0 aromatic carbocycles. The maximum atomic E-state index is 11.5. The molecule has 0 aromatic rings. The van der Waals surface area contributed by atoms with Crippen molar-refractivity contribution in [2.75, 3.05) is 20.2 Å². The van der Waals surface area contributed by atoms with Crippen molar-refractivity contribution in [2.45, 2.75) is 25.3 Å². The van der Waals surface area contributed by atoms with Crippen LogP contribution in [0.25, 0.3) is 0 Å². The second kappa shape index (κ2) is 5.69. The minimum atomic E-state index is -1.23. The summed E-state index contributed by atoms with van der Waals surface area (Å²) in [5.74, 6) is -0.693. The molecule has 1 aliphatic carbocycles. The zero-order valence-corrected chi connectivity index (χ0v) is 9.35. The fourth-order valence-corrected chi connectivity index (χ4v) is 1.59. The number of hydrogen-bond donors (Lipinski definition) is 3. The molecule has 1 saturated carbocycles. The van der Waals surface area contributed by atoms with Crippen molar-refractivity contribution < 1.29 is 19.8 Å². The molecule has 16 heavy (non-hydrogen) atoms. The maximum Gasteiger partial charge on any atom is 0.328 e. The zero-order valence-electron chi connectivity index (χ0n) is 9.35. The van der Waals surface area contributed by atoms with Crippen molar-refractivity contribution in [3.05, 3.63) is 0 Å². The van der Waals surface area contributed by atoms with E-state index in [1.54, 1.807) is 7.05 Å². The molecule has 1 rings (SSSR count). The van der Waals surface area contributed by atoms with E-state index in [0.29, 0.717) is 12.5 Å². The Kier molecular flexibility index (Phi) is 4.54. The summed E-state index contributed by atoms with van der Waals surface area (Å²) in [7, 11) is 1.63. The molecule has 0 radical (unpaired) electrons. The minimum absolute atomic E-state index is 0.451. The Hall–Kier alpha value is -1.30. The lowest BCUT2D eigenvalue weighted by Crippen LogP contribution is -2.49. The lowest BCUT2D eigenvalue weighted by atomic mass is 9.85. The second-order valence-electron chi connectivity index (χ2n) is 4.20. The molecule has 0 aliphatic heterocycles. The van der Waals surface area contributed by atoms with Crippen LogP contribution >= 0.6 is 0 Å². The van der Waals surface area contributed by atoms with E-state index in [1.165, 1.54) is 11.3 Å². The van der Waals surface area contributed by atoms with E-state index in [0.717, 1.165) is 12.8 Å². The highest BCUT2D eigenvalue weighted by molar-refractivity contribution is 5.82. The molecule has 6 nitrogen and oxygen atoms in total. The number of carbonyl (C=O) groups is 2. The van der Waals surface area contributed by atoms with Gasteiger partial charge in [0.2, 0.25) is 0 Å². The van der Waals surface area contributed by atoms with E-state index >= 15 is 0 Å². The fraction of sp³-hybridized carbons (Fsp3) is 0.800. The molecule has 0 saturated heterocycles. The second-order valence-corrected chi connectivity index (χ2v) is 4.20. The van der Waals surface area contributed by atoms with Gasteiger partial charge < -0.3 is 20.4 Å². The van der Waals surface area contributed by atoms with E-state index in [1.807, 2.05) is 0 Å². The molecular formula is C10H18N2O4. The third-order valence-electron chi connectivity index (χ3n) is 2.88. The smallest absolute Gasteiger partial charge is 0.328 e. The number of amides is 2. The third kappa shape index (κ3) is 3.37. The highest BCUT2D eigenvalue weighted by Crippen LogP contribution is 2.26. The predicted octanol–water partition coefficient (Wildman–Crippen LogP) is -0.127. The summed E-state index contributed by atoms with van der Waals surface area (Å²) < 4.78 is 0. The van der Waals surface area contributed by atoms with Gasteiger partial charge in [0.1, 0.15) is 0 Å². The van der Waals surface area contributed by atoms with Gasteiger partial charge in [0.25, 0.3) is 0 Å².